The summed E-state index contributed by atoms with van der Waals surface area (Å²) in [6.07, 6.45) is 0. The average molecular weight is 558 g/mol. The van der Waals surface area contributed by atoms with Gasteiger partial charge >= 0.3 is 0 Å². The summed E-state index contributed by atoms with van der Waals surface area (Å²) in [5.41, 5.74) is 3.64. The summed E-state index contributed by atoms with van der Waals surface area (Å²) >= 11 is 3.77. The summed E-state index contributed by atoms with van der Waals surface area (Å²) in [4.78, 5) is 2.53. The highest BCUT2D eigenvalue weighted by atomic mass is 32.1. The minimum atomic E-state index is 1.20. The standard InChI is InChI=1S/C38H23NS2/c1-2-12-25-24(11-1)23-34(27-14-4-3-13-26(25)27)39(32-19-9-17-30-28-15-5-7-21-35(28)40-37(30)32)33-20-10-18-31-29-16-6-8-22-36(29)41-38(31)33/h1-23H. The van der Waals surface area contributed by atoms with Gasteiger partial charge in [0.2, 0.25) is 0 Å². The predicted molar refractivity (Wildman–Crippen MR) is 182 cm³/mol. The fourth-order valence-corrected chi connectivity index (χ4v) is 8.84. The van der Waals surface area contributed by atoms with Crippen molar-refractivity contribution in [2.75, 3.05) is 4.90 Å². The molecule has 0 aliphatic carbocycles. The Morgan fingerprint density at radius 2 is 0.805 bits per heavy atom. The Hall–Kier alpha value is -4.70. The van der Waals surface area contributed by atoms with E-state index in [0.29, 0.717) is 0 Å². The van der Waals surface area contributed by atoms with Gasteiger partial charge in [0.25, 0.3) is 0 Å². The van der Waals surface area contributed by atoms with Gasteiger partial charge in [-0.25, -0.2) is 0 Å². The quantitative estimate of drug-likeness (QED) is 0.195. The summed E-state index contributed by atoms with van der Waals surface area (Å²) in [5, 5.41) is 10.3. The molecule has 192 valence electrons. The third-order valence-corrected chi connectivity index (χ3v) is 10.7. The molecule has 0 aliphatic heterocycles. The number of hydrogen-bond acceptors (Lipinski definition) is 3. The first-order chi connectivity index (χ1) is 20.3. The second-order valence-electron chi connectivity index (χ2n) is 10.5. The van der Waals surface area contributed by atoms with Crippen LogP contribution in [0.5, 0.6) is 0 Å². The summed E-state index contributed by atoms with van der Waals surface area (Å²) in [5.74, 6) is 0. The van der Waals surface area contributed by atoms with E-state index in [0.717, 1.165) is 0 Å². The van der Waals surface area contributed by atoms with Gasteiger partial charge in [0.15, 0.2) is 0 Å². The summed E-state index contributed by atoms with van der Waals surface area (Å²) in [6, 6.07) is 51.2. The Balaban J connectivity index is 1.46. The number of benzene rings is 7. The smallest absolute Gasteiger partial charge is 0.0641 e. The van der Waals surface area contributed by atoms with E-state index >= 15 is 0 Å². The topological polar surface area (TPSA) is 3.24 Å². The zero-order chi connectivity index (χ0) is 26.9. The molecule has 0 saturated carbocycles. The van der Waals surface area contributed by atoms with Crippen molar-refractivity contribution in [1.82, 2.24) is 0 Å². The van der Waals surface area contributed by atoms with Gasteiger partial charge in [0.1, 0.15) is 0 Å². The molecule has 0 saturated heterocycles. The lowest BCUT2D eigenvalue weighted by Crippen LogP contribution is -2.11. The van der Waals surface area contributed by atoms with E-state index in [-0.39, 0.29) is 0 Å². The Bertz CT molecular complexity index is 2330. The number of rotatable bonds is 3. The van der Waals surface area contributed by atoms with Crippen molar-refractivity contribution in [2.45, 2.75) is 0 Å². The molecule has 1 nitrogen and oxygen atoms in total. The summed E-state index contributed by atoms with van der Waals surface area (Å²) in [6.45, 7) is 0. The highest BCUT2D eigenvalue weighted by molar-refractivity contribution is 7.27. The Morgan fingerprint density at radius 3 is 1.41 bits per heavy atom. The fourth-order valence-electron chi connectivity index (χ4n) is 6.43. The molecule has 7 aromatic carbocycles. The molecular formula is C38H23NS2. The van der Waals surface area contributed by atoms with E-state index in [9.17, 15) is 0 Å². The van der Waals surface area contributed by atoms with E-state index in [1.807, 2.05) is 22.7 Å². The van der Waals surface area contributed by atoms with Crippen LogP contribution in [0, 0.1) is 0 Å². The number of fused-ring (bicyclic) bond motifs is 9. The Labute approximate surface area is 245 Å². The second-order valence-corrected chi connectivity index (χ2v) is 12.6. The van der Waals surface area contributed by atoms with E-state index in [4.69, 9.17) is 0 Å². The highest BCUT2D eigenvalue weighted by Crippen LogP contribution is 2.50. The molecule has 0 fully saturated rings. The molecule has 0 aliphatic rings. The van der Waals surface area contributed by atoms with Gasteiger partial charge in [0, 0.05) is 36.3 Å². The van der Waals surface area contributed by atoms with Crippen LogP contribution in [0.2, 0.25) is 0 Å². The van der Waals surface area contributed by atoms with Crippen molar-refractivity contribution in [3.8, 4) is 0 Å². The number of thiophene rings is 2. The van der Waals surface area contributed by atoms with Crippen LogP contribution in [0.15, 0.2) is 140 Å². The molecule has 9 aromatic rings. The van der Waals surface area contributed by atoms with Crippen LogP contribution in [0.25, 0.3) is 61.9 Å². The monoisotopic (exact) mass is 557 g/mol. The van der Waals surface area contributed by atoms with Gasteiger partial charge in [0.05, 0.1) is 26.5 Å². The zero-order valence-corrected chi connectivity index (χ0v) is 23.7. The molecule has 41 heavy (non-hydrogen) atoms. The van der Waals surface area contributed by atoms with Crippen LogP contribution >= 0.6 is 22.7 Å². The van der Waals surface area contributed by atoms with Crippen LogP contribution in [-0.2, 0) is 0 Å². The first kappa shape index (κ1) is 23.0. The highest BCUT2D eigenvalue weighted by Gasteiger charge is 2.23. The molecule has 0 radical (unpaired) electrons. The molecule has 2 aromatic heterocycles. The van der Waals surface area contributed by atoms with Crippen molar-refractivity contribution in [2.24, 2.45) is 0 Å². The fraction of sp³-hybridized carbons (Fsp3) is 0. The van der Waals surface area contributed by atoms with Crippen LogP contribution in [-0.4, -0.2) is 0 Å². The zero-order valence-electron chi connectivity index (χ0n) is 22.0. The average Bonchev–Trinajstić information content (AvgIpc) is 3.61. The molecule has 0 spiro atoms. The molecule has 3 heteroatoms. The maximum atomic E-state index is 2.53. The van der Waals surface area contributed by atoms with E-state index in [1.165, 1.54) is 79.0 Å². The van der Waals surface area contributed by atoms with Gasteiger partial charge in [-0.1, -0.05) is 109 Å². The van der Waals surface area contributed by atoms with Gasteiger partial charge in [-0.2, -0.15) is 0 Å². The normalized spacial score (nSPS) is 11.9. The molecule has 0 amide bonds. The van der Waals surface area contributed by atoms with Crippen LogP contribution in [0.3, 0.4) is 0 Å². The molecular weight excluding hydrogens is 535 g/mol. The van der Waals surface area contributed by atoms with Gasteiger partial charge in [-0.15, -0.1) is 22.7 Å². The predicted octanol–water partition coefficient (Wildman–Crippen LogP) is 12.2. The molecule has 0 bridgehead atoms. The van der Waals surface area contributed by atoms with Crippen molar-refractivity contribution in [3.63, 3.8) is 0 Å². The summed E-state index contributed by atoms with van der Waals surface area (Å²) in [7, 11) is 0. The number of anilines is 3. The Kier molecular flexibility index (Phi) is 5.00. The first-order valence-corrected chi connectivity index (χ1v) is 15.5. The van der Waals surface area contributed by atoms with Crippen molar-refractivity contribution >= 4 is 102 Å². The van der Waals surface area contributed by atoms with Gasteiger partial charge in [-0.05, 0) is 46.5 Å². The molecule has 0 atom stereocenters. The largest absolute Gasteiger partial charge is 0.307 e. The van der Waals surface area contributed by atoms with E-state index < -0.39 is 0 Å². The van der Waals surface area contributed by atoms with E-state index in [2.05, 4.69) is 144 Å². The second kappa shape index (κ2) is 8.90. The lowest BCUT2D eigenvalue weighted by molar-refractivity contribution is 1.34. The minimum absolute atomic E-state index is 1.20. The van der Waals surface area contributed by atoms with Crippen molar-refractivity contribution < 1.29 is 0 Å². The lowest BCUT2D eigenvalue weighted by Gasteiger charge is -2.28. The number of nitrogens with zero attached hydrogens (tertiary/aromatic N) is 1. The van der Waals surface area contributed by atoms with Crippen molar-refractivity contribution in [1.29, 1.82) is 0 Å². The van der Waals surface area contributed by atoms with Gasteiger partial charge < -0.3 is 4.90 Å². The Morgan fingerprint density at radius 1 is 0.341 bits per heavy atom. The third kappa shape index (κ3) is 3.40. The minimum Gasteiger partial charge on any atom is -0.307 e. The molecule has 9 rings (SSSR count). The van der Waals surface area contributed by atoms with Crippen LogP contribution in [0.4, 0.5) is 17.1 Å². The first-order valence-electron chi connectivity index (χ1n) is 13.9. The number of hydrogen-bond donors (Lipinski definition) is 0. The maximum Gasteiger partial charge on any atom is 0.0641 e. The third-order valence-electron chi connectivity index (χ3n) is 8.24. The van der Waals surface area contributed by atoms with Crippen LogP contribution in [0.1, 0.15) is 0 Å². The molecule has 2 heterocycles. The maximum absolute atomic E-state index is 2.53. The SMILES string of the molecule is c1ccc2c(c1)cc(N(c1cccc3c1sc1ccccc13)c1cccc3c1sc1ccccc13)c1ccccc12. The van der Waals surface area contributed by atoms with Crippen molar-refractivity contribution in [3.05, 3.63) is 140 Å². The van der Waals surface area contributed by atoms with Gasteiger partial charge in [-0.3, -0.25) is 0 Å². The van der Waals surface area contributed by atoms with E-state index in [1.54, 1.807) is 0 Å². The van der Waals surface area contributed by atoms with Crippen LogP contribution < -0.4 is 4.90 Å². The lowest BCUT2D eigenvalue weighted by atomic mass is 9.98. The molecule has 0 unspecified atom stereocenters. The molecule has 0 N–H and O–H groups in total. The summed E-state index contributed by atoms with van der Waals surface area (Å²) < 4.78 is 5.25.